The molecule has 7 nitrogen and oxygen atoms in total. The maximum atomic E-state index is 13.4. The number of rotatable bonds is 11. The van der Waals surface area contributed by atoms with Gasteiger partial charge in [0.1, 0.15) is 18.2 Å². The van der Waals surface area contributed by atoms with Crippen molar-refractivity contribution >= 4 is 33.7 Å². The summed E-state index contributed by atoms with van der Waals surface area (Å²) < 4.78 is 46.8. The predicted molar refractivity (Wildman–Crippen MR) is 148 cm³/mol. The van der Waals surface area contributed by atoms with Gasteiger partial charge in [0, 0.05) is 11.6 Å². The van der Waals surface area contributed by atoms with Crippen molar-refractivity contribution in [2.75, 3.05) is 6.54 Å². The molecule has 39 heavy (non-hydrogen) atoms. The van der Waals surface area contributed by atoms with Gasteiger partial charge in [-0.25, -0.2) is 18.2 Å². The van der Waals surface area contributed by atoms with Crippen LogP contribution in [-0.4, -0.2) is 31.4 Å². The molecule has 4 rings (SSSR count). The quantitative estimate of drug-likeness (QED) is 0.195. The lowest BCUT2D eigenvalue weighted by molar-refractivity contribution is -0.121. The predicted octanol–water partition coefficient (Wildman–Crippen LogP) is 5.40. The highest BCUT2D eigenvalue weighted by atomic mass is 35.5. The van der Waals surface area contributed by atoms with Crippen molar-refractivity contribution in [2.24, 2.45) is 5.10 Å². The van der Waals surface area contributed by atoms with E-state index in [1.807, 2.05) is 36.4 Å². The minimum Gasteiger partial charge on any atom is -0.489 e. The fraction of sp³-hybridized carbons (Fsp3) is 0.103. The van der Waals surface area contributed by atoms with Crippen molar-refractivity contribution in [3.05, 3.63) is 131 Å². The van der Waals surface area contributed by atoms with Gasteiger partial charge in [-0.1, -0.05) is 66.2 Å². The second-order valence-electron chi connectivity index (χ2n) is 8.49. The Kier molecular flexibility index (Phi) is 9.43. The minimum atomic E-state index is -4.08. The first-order valence-electron chi connectivity index (χ1n) is 11.9. The van der Waals surface area contributed by atoms with Crippen molar-refractivity contribution in [3.63, 3.8) is 0 Å². The summed E-state index contributed by atoms with van der Waals surface area (Å²) in [6, 6.07) is 27.9. The topological polar surface area (TPSA) is 88.1 Å². The zero-order chi connectivity index (χ0) is 27.7. The molecule has 0 unspecified atom stereocenters. The minimum absolute atomic E-state index is 0.0300. The molecule has 0 heterocycles. The fourth-order valence-electron chi connectivity index (χ4n) is 3.57. The lowest BCUT2D eigenvalue weighted by Gasteiger charge is -2.21. The van der Waals surface area contributed by atoms with Gasteiger partial charge in [0.05, 0.1) is 17.7 Å². The summed E-state index contributed by atoms with van der Waals surface area (Å²) >= 11 is 5.90. The third-order valence-corrected chi connectivity index (χ3v) is 7.61. The Balaban J connectivity index is 1.42. The van der Waals surface area contributed by atoms with Crippen LogP contribution in [0.15, 0.2) is 113 Å². The van der Waals surface area contributed by atoms with Crippen LogP contribution in [0.3, 0.4) is 0 Å². The van der Waals surface area contributed by atoms with Gasteiger partial charge in [-0.15, -0.1) is 0 Å². The summed E-state index contributed by atoms with van der Waals surface area (Å²) in [5, 5.41) is 4.35. The van der Waals surface area contributed by atoms with Crippen molar-refractivity contribution < 1.29 is 22.3 Å². The fourth-order valence-corrected chi connectivity index (χ4v) is 5.09. The number of ether oxygens (including phenoxy) is 1. The molecular weight excluding hydrogens is 541 g/mol. The van der Waals surface area contributed by atoms with Gasteiger partial charge in [0.2, 0.25) is 10.0 Å². The van der Waals surface area contributed by atoms with E-state index in [0.29, 0.717) is 28.5 Å². The lowest BCUT2D eigenvalue weighted by atomic mass is 10.2. The number of sulfonamides is 1. The van der Waals surface area contributed by atoms with Crippen molar-refractivity contribution in [1.82, 2.24) is 9.73 Å². The Hall–Kier alpha value is -4.05. The molecule has 0 saturated carbocycles. The Morgan fingerprint density at radius 2 is 1.64 bits per heavy atom. The molecule has 0 spiro atoms. The summed E-state index contributed by atoms with van der Waals surface area (Å²) in [6.07, 6.45) is 1.44. The van der Waals surface area contributed by atoms with Gasteiger partial charge in [-0.2, -0.15) is 9.41 Å². The highest BCUT2D eigenvalue weighted by molar-refractivity contribution is 7.89. The molecule has 4 aromatic carbocycles. The largest absolute Gasteiger partial charge is 0.489 e. The molecule has 0 aliphatic rings. The van der Waals surface area contributed by atoms with E-state index in [-0.39, 0.29) is 11.4 Å². The number of hydrazone groups is 1. The first-order chi connectivity index (χ1) is 18.8. The molecule has 0 radical (unpaired) electrons. The van der Waals surface area contributed by atoms with Crippen molar-refractivity contribution in [2.45, 2.75) is 18.0 Å². The number of amides is 1. The van der Waals surface area contributed by atoms with Crippen LogP contribution in [-0.2, 0) is 28.0 Å². The van der Waals surface area contributed by atoms with E-state index >= 15 is 0 Å². The second kappa shape index (κ2) is 13.1. The number of halogens is 2. The van der Waals surface area contributed by atoms with Gasteiger partial charge >= 0.3 is 0 Å². The highest BCUT2D eigenvalue weighted by Crippen LogP contribution is 2.21. The Bertz CT molecular complexity index is 1530. The molecule has 1 amide bonds. The van der Waals surface area contributed by atoms with Crippen LogP contribution in [0.5, 0.6) is 5.75 Å². The van der Waals surface area contributed by atoms with Crippen LogP contribution < -0.4 is 10.2 Å². The van der Waals surface area contributed by atoms with Crippen LogP contribution >= 0.6 is 11.6 Å². The van der Waals surface area contributed by atoms with E-state index in [1.165, 1.54) is 54.7 Å². The Morgan fingerprint density at radius 1 is 0.923 bits per heavy atom. The van der Waals surface area contributed by atoms with E-state index in [9.17, 15) is 17.6 Å². The molecule has 0 atom stereocenters. The summed E-state index contributed by atoms with van der Waals surface area (Å²) in [4.78, 5) is 12.7. The standard InChI is InChI=1S/C29H25ClFN3O4S/c30-25-11-15-28(16-12-25)39(36,37)34(19-22-9-13-26(31)14-10-22)20-29(35)33-32-18-24-7-4-8-27(17-24)38-21-23-5-2-1-3-6-23/h1-18H,19-21H2,(H,33,35)/b32-18-. The average Bonchev–Trinajstić information content (AvgIpc) is 2.94. The van der Waals surface area contributed by atoms with Crippen LogP contribution in [0.4, 0.5) is 4.39 Å². The highest BCUT2D eigenvalue weighted by Gasteiger charge is 2.27. The van der Waals surface area contributed by atoms with Gasteiger partial charge in [-0.3, -0.25) is 4.79 Å². The summed E-state index contributed by atoms with van der Waals surface area (Å²) in [6.45, 7) is -0.257. The molecule has 0 aliphatic heterocycles. The molecule has 0 aromatic heterocycles. The molecular formula is C29H25ClFN3O4S. The van der Waals surface area contributed by atoms with E-state index in [4.69, 9.17) is 16.3 Å². The number of carbonyl (C=O) groups excluding carboxylic acids is 1. The molecule has 0 saturated heterocycles. The van der Waals surface area contributed by atoms with Gasteiger partial charge in [-0.05, 0) is 65.2 Å². The lowest BCUT2D eigenvalue weighted by Crippen LogP contribution is -2.39. The third-order valence-electron chi connectivity index (χ3n) is 5.55. The molecule has 200 valence electrons. The van der Waals surface area contributed by atoms with Gasteiger partial charge < -0.3 is 4.74 Å². The normalized spacial score (nSPS) is 11.6. The van der Waals surface area contributed by atoms with Crippen LogP contribution in [0.1, 0.15) is 16.7 Å². The summed E-state index contributed by atoms with van der Waals surface area (Å²) in [5.74, 6) is -0.469. The number of hydrogen-bond donors (Lipinski definition) is 1. The second-order valence-corrected chi connectivity index (χ2v) is 10.9. The first kappa shape index (κ1) is 28.0. The number of benzene rings is 4. The summed E-state index contributed by atoms with van der Waals surface area (Å²) in [5.41, 5.74) is 4.59. The number of nitrogens with one attached hydrogen (secondary N) is 1. The molecule has 0 bridgehead atoms. The van der Waals surface area contributed by atoms with Crippen LogP contribution in [0, 0.1) is 5.82 Å². The number of hydrogen-bond acceptors (Lipinski definition) is 5. The van der Waals surface area contributed by atoms with Crippen LogP contribution in [0.2, 0.25) is 5.02 Å². The number of carbonyl (C=O) groups is 1. The SMILES string of the molecule is O=C(CN(Cc1ccc(F)cc1)S(=O)(=O)c1ccc(Cl)cc1)N/N=C\c1cccc(OCc2ccccc2)c1. The van der Waals surface area contributed by atoms with Gasteiger partial charge in [0.15, 0.2) is 0 Å². The first-order valence-corrected chi connectivity index (χ1v) is 13.7. The zero-order valence-corrected chi connectivity index (χ0v) is 22.3. The molecule has 0 aliphatic carbocycles. The van der Waals surface area contributed by atoms with Crippen molar-refractivity contribution in [1.29, 1.82) is 0 Å². The van der Waals surface area contributed by atoms with E-state index in [0.717, 1.165) is 9.87 Å². The molecule has 1 N–H and O–H groups in total. The van der Waals surface area contributed by atoms with E-state index < -0.39 is 28.3 Å². The number of nitrogens with zero attached hydrogens (tertiary/aromatic N) is 2. The molecule has 10 heteroatoms. The summed E-state index contributed by atoms with van der Waals surface area (Å²) in [7, 11) is -4.08. The Labute approximate surface area is 231 Å². The molecule has 4 aromatic rings. The maximum Gasteiger partial charge on any atom is 0.255 e. The monoisotopic (exact) mass is 565 g/mol. The maximum absolute atomic E-state index is 13.4. The van der Waals surface area contributed by atoms with E-state index in [2.05, 4.69) is 10.5 Å². The molecule has 0 fully saturated rings. The van der Waals surface area contributed by atoms with Gasteiger partial charge in [0.25, 0.3) is 5.91 Å². The average molecular weight is 566 g/mol. The van der Waals surface area contributed by atoms with Crippen molar-refractivity contribution in [3.8, 4) is 5.75 Å². The van der Waals surface area contributed by atoms with E-state index in [1.54, 1.807) is 18.2 Å². The van der Waals surface area contributed by atoms with Crippen LogP contribution in [0.25, 0.3) is 0 Å². The third kappa shape index (κ3) is 8.22. The smallest absolute Gasteiger partial charge is 0.255 e. The zero-order valence-electron chi connectivity index (χ0n) is 20.7. The Morgan fingerprint density at radius 3 is 2.36 bits per heavy atom.